The Kier molecular flexibility index (Phi) is 5.53. The number of aromatic nitrogens is 1. The van der Waals surface area contributed by atoms with E-state index in [0.29, 0.717) is 33.7 Å². The number of benzene rings is 2. The smallest absolute Gasteiger partial charge is 0.356 e. The summed E-state index contributed by atoms with van der Waals surface area (Å²) in [6, 6.07) is 16.4. The Morgan fingerprint density at radius 2 is 1.78 bits per heavy atom. The first-order valence-electron chi connectivity index (χ1n) is 10.4. The van der Waals surface area contributed by atoms with E-state index in [1.165, 1.54) is 0 Å². The second-order valence-electron chi connectivity index (χ2n) is 8.00. The zero-order valence-electron chi connectivity index (χ0n) is 18.4. The van der Waals surface area contributed by atoms with Crippen LogP contribution < -0.4 is 10.7 Å². The molecule has 0 amide bonds. The molecule has 0 saturated carbocycles. The molecule has 2 aromatic heterocycles. The number of anilines is 1. The summed E-state index contributed by atoms with van der Waals surface area (Å²) in [4.78, 5) is 29.0. The Balaban J connectivity index is 1.88. The molecule has 2 aromatic carbocycles. The van der Waals surface area contributed by atoms with Crippen molar-refractivity contribution >= 4 is 22.6 Å². The normalized spacial score (nSPS) is 12.0. The average Bonchev–Trinajstić information content (AvgIpc) is 2.77. The predicted octanol–water partition coefficient (Wildman–Crippen LogP) is 5.65. The van der Waals surface area contributed by atoms with Gasteiger partial charge in [-0.2, -0.15) is 0 Å². The van der Waals surface area contributed by atoms with E-state index in [-0.39, 0.29) is 17.2 Å². The molecule has 6 nitrogen and oxygen atoms in total. The van der Waals surface area contributed by atoms with Gasteiger partial charge in [0.15, 0.2) is 11.1 Å². The standard InChI is InChI=1S/C26H24N2O4/c1-14-12-19(17(4)28-21-11-10-15(2)27-22(21)26(30)31)25-20(13-14)23(29)16(3)24(32-25)18-8-6-5-7-9-18/h5-13,17,28H,1-4H3,(H,30,31)/t17-/m1/s1. The molecular formula is C26H24N2O4. The molecule has 0 spiro atoms. The molecule has 6 heteroatoms. The molecule has 0 unspecified atom stereocenters. The van der Waals surface area contributed by atoms with Gasteiger partial charge in [0.2, 0.25) is 0 Å². The molecule has 2 heterocycles. The Labute approximate surface area is 185 Å². The molecular weight excluding hydrogens is 404 g/mol. The predicted molar refractivity (Wildman–Crippen MR) is 125 cm³/mol. The number of carboxylic acids is 1. The van der Waals surface area contributed by atoms with E-state index < -0.39 is 5.97 Å². The van der Waals surface area contributed by atoms with Crippen LogP contribution in [0.4, 0.5) is 5.69 Å². The number of pyridine rings is 1. The summed E-state index contributed by atoms with van der Waals surface area (Å²) in [6.07, 6.45) is 0. The third-order valence-corrected chi connectivity index (χ3v) is 5.50. The number of nitrogens with zero attached hydrogens (tertiary/aromatic N) is 1. The number of hydrogen-bond acceptors (Lipinski definition) is 5. The summed E-state index contributed by atoms with van der Waals surface area (Å²) in [5.41, 5.74) is 4.46. The van der Waals surface area contributed by atoms with Crippen molar-refractivity contribution in [3.8, 4) is 11.3 Å². The quantitative estimate of drug-likeness (QED) is 0.427. The number of aromatic carboxylic acids is 1. The van der Waals surface area contributed by atoms with Crippen LogP contribution in [0.2, 0.25) is 0 Å². The van der Waals surface area contributed by atoms with Crippen molar-refractivity contribution in [1.82, 2.24) is 4.98 Å². The van der Waals surface area contributed by atoms with E-state index in [2.05, 4.69) is 10.3 Å². The molecule has 0 radical (unpaired) electrons. The maximum atomic E-state index is 13.2. The lowest BCUT2D eigenvalue weighted by Crippen LogP contribution is -2.15. The molecule has 0 bridgehead atoms. The van der Waals surface area contributed by atoms with Gasteiger partial charge in [0.1, 0.15) is 11.3 Å². The van der Waals surface area contributed by atoms with Gasteiger partial charge in [-0.05, 0) is 51.5 Å². The zero-order valence-corrected chi connectivity index (χ0v) is 18.4. The second kappa shape index (κ2) is 8.30. The first kappa shape index (κ1) is 21.3. The molecule has 162 valence electrons. The van der Waals surface area contributed by atoms with Gasteiger partial charge >= 0.3 is 5.97 Å². The van der Waals surface area contributed by atoms with Gasteiger partial charge in [-0.25, -0.2) is 9.78 Å². The summed E-state index contributed by atoms with van der Waals surface area (Å²) in [5.74, 6) is -0.574. The molecule has 1 atom stereocenters. The van der Waals surface area contributed by atoms with E-state index >= 15 is 0 Å². The van der Waals surface area contributed by atoms with E-state index in [1.807, 2.05) is 56.3 Å². The highest BCUT2D eigenvalue weighted by Crippen LogP contribution is 2.32. The van der Waals surface area contributed by atoms with Crippen molar-refractivity contribution in [2.75, 3.05) is 5.32 Å². The van der Waals surface area contributed by atoms with E-state index in [9.17, 15) is 14.7 Å². The first-order valence-corrected chi connectivity index (χ1v) is 10.4. The highest BCUT2D eigenvalue weighted by molar-refractivity contribution is 5.92. The number of hydrogen-bond donors (Lipinski definition) is 2. The van der Waals surface area contributed by atoms with Crippen molar-refractivity contribution < 1.29 is 14.3 Å². The Bertz CT molecular complexity index is 1390. The Morgan fingerprint density at radius 1 is 1.06 bits per heavy atom. The summed E-state index contributed by atoms with van der Waals surface area (Å²) in [7, 11) is 0. The van der Waals surface area contributed by atoms with Crippen LogP contribution in [0.15, 0.2) is 63.8 Å². The summed E-state index contributed by atoms with van der Waals surface area (Å²) >= 11 is 0. The van der Waals surface area contributed by atoms with E-state index in [0.717, 1.165) is 16.7 Å². The highest BCUT2D eigenvalue weighted by atomic mass is 16.4. The molecule has 0 aliphatic heterocycles. The van der Waals surface area contributed by atoms with Crippen LogP contribution in [-0.4, -0.2) is 16.1 Å². The Hall–Kier alpha value is -3.93. The van der Waals surface area contributed by atoms with Crippen molar-refractivity contribution in [3.05, 3.63) is 92.9 Å². The van der Waals surface area contributed by atoms with Crippen LogP contribution in [0.1, 0.15) is 45.8 Å². The van der Waals surface area contributed by atoms with Crippen molar-refractivity contribution in [1.29, 1.82) is 0 Å². The second-order valence-corrected chi connectivity index (χ2v) is 8.00. The van der Waals surface area contributed by atoms with Gasteiger partial charge in [0.25, 0.3) is 0 Å². The Morgan fingerprint density at radius 3 is 2.47 bits per heavy atom. The van der Waals surface area contributed by atoms with Gasteiger partial charge in [-0.1, -0.05) is 36.4 Å². The van der Waals surface area contributed by atoms with Crippen LogP contribution >= 0.6 is 0 Å². The maximum absolute atomic E-state index is 13.2. The van der Waals surface area contributed by atoms with Crippen molar-refractivity contribution in [2.24, 2.45) is 0 Å². The summed E-state index contributed by atoms with van der Waals surface area (Å²) < 4.78 is 6.33. The van der Waals surface area contributed by atoms with Crippen molar-refractivity contribution in [3.63, 3.8) is 0 Å². The van der Waals surface area contributed by atoms with Crippen LogP contribution in [0.25, 0.3) is 22.3 Å². The molecule has 0 saturated heterocycles. The third kappa shape index (κ3) is 3.87. The summed E-state index contributed by atoms with van der Waals surface area (Å²) in [5, 5.41) is 13.3. The monoisotopic (exact) mass is 428 g/mol. The highest BCUT2D eigenvalue weighted by Gasteiger charge is 2.20. The number of rotatable bonds is 5. The molecule has 0 fully saturated rings. The minimum absolute atomic E-state index is 0.0453. The van der Waals surface area contributed by atoms with Crippen molar-refractivity contribution in [2.45, 2.75) is 33.7 Å². The fourth-order valence-corrected chi connectivity index (χ4v) is 3.90. The molecule has 4 aromatic rings. The van der Waals surface area contributed by atoms with Crippen LogP contribution in [0.5, 0.6) is 0 Å². The van der Waals surface area contributed by atoms with Gasteiger partial charge < -0.3 is 14.8 Å². The van der Waals surface area contributed by atoms with Gasteiger partial charge in [-0.15, -0.1) is 0 Å². The van der Waals surface area contributed by atoms with Crippen LogP contribution in [0, 0.1) is 20.8 Å². The minimum atomic E-state index is -1.11. The molecule has 2 N–H and O–H groups in total. The first-order chi connectivity index (χ1) is 15.3. The number of carbonyl (C=O) groups is 1. The number of fused-ring (bicyclic) bond motifs is 1. The maximum Gasteiger partial charge on any atom is 0.356 e. The molecule has 4 rings (SSSR count). The average molecular weight is 428 g/mol. The number of carboxylic acid groups (broad SMARTS) is 1. The minimum Gasteiger partial charge on any atom is -0.476 e. The third-order valence-electron chi connectivity index (χ3n) is 5.50. The van der Waals surface area contributed by atoms with E-state index in [1.54, 1.807) is 26.0 Å². The van der Waals surface area contributed by atoms with E-state index in [4.69, 9.17) is 4.42 Å². The van der Waals surface area contributed by atoms with Crippen LogP contribution in [-0.2, 0) is 0 Å². The molecule has 0 aliphatic rings. The van der Waals surface area contributed by atoms with Gasteiger partial charge in [0.05, 0.1) is 17.1 Å². The summed E-state index contributed by atoms with van der Waals surface area (Å²) in [6.45, 7) is 7.34. The lowest BCUT2D eigenvalue weighted by molar-refractivity contribution is 0.0691. The van der Waals surface area contributed by atoms with Crippen LogP contribution in [0.3, 0.4) is 0 Å². The molecule has 32 heavy (non-hydrogen) atoms. The lowest BCUT2D eigenvalue weighted by Gasteiger charge is -2.19. The van der Waals surface area contributed by atoms with Gasteiger partial charge in [-0.3, -0.25) is 4.79 Å². The SMILES string of the molecule is Cc1cc([C@@H](C)Nc2ccc(C)nc2C(=O)O)c2oc(-c3ccccc3)c(C)c(=O)c2c1. The fraction of sp³-hybridized carbons (Fsp3) is 0.192. The molecule has 0 aliphatic carbocycles. The number of aryl methyl sites for hydroxylation is 2. The largest absolute Gasteiger partial charge is 0.476 e. The topological polar surface area (TPSA) is 92.4 Å². The lowest BCUT2D eigenvalue weighted by atomic mass is 9.98. The van der Waals surface area contributed by atoms with Gasteiger partial charge in [0, 0.05) is 22.4 Å². The zero-order chi connectivity index (χ0) is 23.0. The number of nitrogens with one attached hydrogen (secondary N) is 1. The fourth-order valence-electron chi connectivity index (χ4n) is 3.90.